The summed E-state index contributed by atoms with van der Waals surface area (Å²) < 4.78 is 1.88. The number of hydrogen-bond donors (Lipinski definition) is 1. The molecule has 1 atom stereocenters. The SMILES string of the molecule is C=CCn1c(SCC(=O)N2CCN(c3ccccc3)CC2)nnc1C(C)NC(=O)c1cccc(Cl)c1. The number of rotatable bonds is 9. The van der Waals surface area contributed by atoms with Crippen LogP contribution in [0.2, 0.25) is 5.02 Å². The Kier molecular flexibility index (Phi) is 8.66. The summed E-state index contributed by atoms with van der Waals surface area (Å²) in [5, 5.41) is 12.7. The van der Waals surface area contributed by atoms with Crippen LogP contribution < -0.4 is 10.2 Å². The van der Waals surface area contributed by atoms with Crippen LogP contribution in [-0.4, -0.2) is 63.4 Å². The van der Waals surface area contributed by atoms with Gasteiger partial charge in [0.25, 0.3) is 5.91 Å². The summed E-state index contributed by atoms with van der Waals surface area (Å²) in [4.78, 5) is 29.7. The highest BCUT2D eigenvalue weighted by Crippen LogP contribution is 2.23. The van der Waals surface area contributed by atoms with Gasteiger partial charge in [-0.15, -0.1) is 16.8 Å². The standard InChI is InChI=1S/C26H29ClN6O2S/c1-3-12-33-24(19(2)28-25(35)20-8-7-9-21(27)17-20)29-30-26(33)36-18-23(34)32-15-13-31(14-16-32)22-10-5-4-6-11-22/h3-11,17,19H,1,12-16,18H2,2H3,(H,28,35). The van der Waals surface area contributed by atoms with Crippen molar-refractivity contribution in [1.29, 1.82) is 0 Å². The zero-order valence-electron chi connectivity index (χ0n) is 20.1. The Bertz CT molecular complexity index is 1210. The number of carbonyl (C=O) groups excluding carboxylic acids is 2. The van der Waals surface area contributed by atoms with E-state index in [1.807, 2.05) is 34.6 Å². The molecule has 188 valence electrons. The molecule has 0 aliphatic carbocycles. The molecule has 1 N–H and O–H groups in total. The average molecular weight is 525 g/mol. The third-order valence-electron chi connectivity index (χ3n) is 5.96. The quantitative estimate of drug-likeness (QED) is 0.336. The summed E-state index contributed by atoms with van der Waals surface area (Å²) in [6.45, 7) is 9.12. The van der Waals surface area contributed by atoms with E-state index < -0.39 is 6.04 Å². The highest BCUT2D eigenvalue weighted by molar-refractivity contribution is 7.99. The largest absolute Gasteiger partial charge is 0.368 e. The lowest BCUT2D eigenvalue weighted by Crippen LogP contribution is -2.49. The van der Waals surface area contributed by atoms with Crippen LogP contribution in [0.15, 0.2) is 72.4 Å². The Hall–Kier alpha value is -3.30. The molecule has 1 fully saturated rings. The molecule has 8 nitrogen and oxygen atoms in total. The lowest BCUT2D eigenvalue weighted by Gasteiger charge is -2.36. The normalized spacial score (nSPS) is 14.4. The van der Waals surface area contributed by atoms with Gasteiger partial charge in [0, 0.05) is 49.0 Å². The minimum absolute atomic E-state index is 0.0738. The van der Waals surface area contributed by atoms with Crippen LogP contribution in [0.3, 0.4) is 0 Å². The molecule has 1 aromatic heterocycles. The van der Waals surface area contributed by atoms with Gasteiger partial charge in [-0.05, 0) is 37.3 Å². The molecule has 1 saturated heterocycles. The molecule has 0 radical (unpaired) electrons. The van der Waals surface area contributed by atoms with Crippen molar-refractivity contribution < 1.29 is 9.59 Å². The van der Waals surface area contributed by atoms with Crippen molar-refractivity contribution in [1.82, 2.24) is 25.0 Å². The maximum Gasteiger partial charge on any atom is 0.251 e. The van der Waals surface area contributed by atoms with E-state index in [-0.39, 0.29) is 17.6 Å². The topological polar surface area (TPSA) is 83.4 Å². The van der Waals surface area contributed by atoms with Gasteiger partial charge in [-0.1, -0.05) is 53.7 Å². The highest BCUT2D eigenvalue weighted by atomic mass is 35.5. The van der Waals surface area contributed by atoms with Crippen LogP contribution in [0, 0.1) is 0 Å². The van der Waals surface area contributed by atoms with Crippen LogP contribution in [0.1, 0.15) is 29.1 Å². The number of nitrogens with zero attached hydrogens (tertiary/aromatic N) is 5. The monoisotopic (exact) mass is 524 g/mol. The molecule has 1 unspecified atom stereocenters. The number of aromatic nitrogens is 3. The van der Waals surface area contributed by atoms with Gasteiger partial charge < -0.3 is 19.7 Å². The minimum Gasteiger partial charge on any atom is -0.368 e. The molecule has 4 rings (SSSR count). The molecule has 10 heteroatoms. The highest BCUT2D eigenvalue weighted by Gasteiger charge is 2.24. The number of hydrogen-bond acceptors (Lipinski definition) is 6. The Morgan fingerprint density at radius 1 is 1.11 bits per heavy atom. The molecule has 0 bridgehead atoms. The predicted molar refractivity (Wildman–Crippen MR) is 144 cm³/mol. The molecule has 2 aromatic carbocycles. The van der Waals surface area contributed by atoms with Gasteiger partial charge in [-0.3, -0.25) is 9.59 Å². The van der Waals surface area contributed by atoms with Crippen molar-refractivity contribution in [2.45, 2.75) is 24.7 Å². The maximum absolute atomic E-state index is 12.9. The number of anilines is 1. The zero-order chi connectivity index (χ0) is 25.5. The summed E-state index contributed by atoms with van der Waals surface area (Å²) in [5.41, 5.74) is 1.65. The van der Waals surface area contributed by atoms with Crippen molar-refractivity contribution >= 4 is 40.9 Å². The van der Waals surface area contributed by atoms with E-state index in [9.17, 15) is 9.59 Å². The number of carbonyl (C=O) groups is 2. The molecule has 1 aliphatic heterocycles. The predicted octanol–water partition coefficient (Wildman–Crippen LogP) is 4.05. The molecule has 36 heavy (non-hydrogen) atoms. The van der Waals surface area contributed by atoms with Gasteiger partial charge in [0.05, 0.1) is 11.8 Å². The van der Waals surface area contributed by atoms with Gasteiger partial charge >= 0.3 is 0 Å². The number of para-hydroxylation sites is 1. The van der Waals surface area contributed by atoms with Crippen LogP contribution in [0.25, 0.3) is 0 Å². The van der Waals surface area contributed by atoms with Crippen molar-refractivity contribution in [2.24, 2.45) is 0 Å². The Morgan fingerprint density at radius 3 is 2.56 bits per heavy atom. The summed E-state index contributed by atoms with van der Waals surface area (Å²) in [7, 11) is 0. The van der Waals surface area contributed by atoms with E-state index in [0.29, 0.717) is 41.2 Å². The summed E-state index contributed by atoms with van der Waals surface area (Å²) in [6.07, 6.45) is 1.74. The van der Waals surface area contributed by atoms with E-state index in [4.69, 9.17) is 11.6 Å². The first-order valence-electron chi connectivity index (χ1n) is 11.8. The lowest BCUT2D eigenvalue weighted by molar-refractivity contribution is -0.128. The van der Waals surface area contributed by atoms with Gasteiger partial charge in [-0.25, -0.2) is 0 Å². The second kappa shape index (κ2) is 12.1. The number of halogens is 1. The van der Waals surface area contributed by atoms with Gasteiger partial charge in [0.2, 0.25) is 5.91 Å². The van der Waals surface area contributed by atoms with Gasteiger partial charge in [-0.2, -0.15) is 0 Å². The van der Waals surface area contributed by atoms with Crippen molar-refractivity contribution in [2.75, 3.05) is 36.8 Å². The summed E-state index contributed by atoms with van der Waals surface area (Å²) in [5.74, 6) is 0.683. The van der Waals surface area contributed by atoms with Crippen molar-refractivity contribution in [3.8, 4) is 0 Å². The second-order valence-corrected chi connectivity index (χ2v) is 9.82. The Morgan fingerprint density at radius 2 is 1.86 bits per heavy atom. The third kappa shape index (κ3) is 6.27. The first kappa shape index (κ1) is 25.8. The fraction of sp³-hybridized carbons (Fsp3) is 0.308. The number of thioether (sulfide) groups is 1. The fourth-order valence-electron chi connectivity index (χ4n) is 4.07. The van der Waals surface area contributed by atoms with E-state index >= 15 is 0 Å². The van der Waals surface area contributed by atoms with Crippen LogP contribution in [-0.2, 0) is 11.3 Å². The third-order valence-corrected chi connectivity index (χ3v) is 7.14. The van der Waals surface area contributed by atoms with Gasteiger partial charge in [0.1, 0.15) is 0 Å². The van der Waals surface area contributed by atoms with Crippen LogP contribution >= 0.6 is 23.4 Å². The van der Waals surface area contributed by atoms with Crippen molar-refractivity contribution in [3.63, 3.8) is 0 Å². The van der Waals surface area contributed by atoms with Crippen LogP contribution in [0.5, 0.6) is 0 Å². The number of piperazine rings is 1. The molecule has 3 aromatic rings. The number of amides is 2. The molecule has 2 heterocycles. The summed E-state index contributed by atoms with van der Waals surface area (Å²) in [6, 6.07) is 16.6. The molecular formula is C26H29ClN6O2S. The Labute approximate surface area is 220 Å². The van der Waals surface area contributed by atoms with E-state index in [0.717, 1.165) is 13.1 Å². The number of benzene rings is 2. The second-order valence-electron chi connectivity index (χ2n) is 8.44. The zero-order valence-corrected chi connectivity index (χ0v) is 21.7. The van der Waals surface area contributed by atoms with E-state index in [2.05, 4.69) is 39.1 Å². The lowest BCUT2D eigenvalue weighted by atomic mass is 10.2. The van der Waals surface area contributed by atoms with Gasteiger partial charge in [0.15, 0.2) is 11.0 Å². The molecule has 0 spiro atoms. The number of allylic oxidation sites excluding steroid dienone is 1. The molecular weight excluding hydrogens is 496 g/mol. The fourth-order valence-corrected chi connectivity index (χ4v) is 5.12. The molecule has 2 amide bonds. The van der Waals surface area contributed by atoms with E-state index in [1.165, 1.54) is 17.4 Å². The van der Waals surface area contributed by atoms with Crippen LogP contribution in [0.4, 0.5) is 5.69 Å². The first-order valence-corrected chi connectivity index (χ1v) is 13.1. The maximum atomic E-state index is 12.9. The van der Waals surface area contributed by atoms with E-state index in [1.54, 1.807) is 30.3 Å². The summed E-state index contributed by atoms with van der Waals surface area (Å²) >= 11 is 7.36. The number of nitrogens with one attached hydrogen (secondary N) is 1. The molecule has 1 aliphatic rings. The smallest absolute Gasteiger partial charge is 0.251 e. The Balaban J connectivity index is 1.35. The average Bonchev–Trinajstić information content (AvgIpc) is 3.30. The minimum atomic E-state index is -0.403. The molecule has 0 saturated carbocycles. The first-order chi connectivity index (χ1) is 17.5. The van der Waals surface area contributed by atoms with Crippen molar-refractivity contribution in [3.05, 3.63) is 83.7 Å².